The van der Waals surface area contributed by atoms with Gasteiger partial charge in [0, 0.05) is 29.2 Å². The standard InChI is InChI=1S/C17H18ClN3O/c18-14-2-1-12-9-19-15(8-13(12)7-14)17(22)20-16-10-21-5-3-11(16)4-6-21/h1-2,7-9,11,16H,3-6,10H2,(H,20,22). The van der Waals surface area contributed by atoms with Crippen LogP contribution in [0.25, 0.3) is 10.8 Å². The second-order valence-electron chi connectivity index (χ2n) is 6.28. The minimum Gasteiger partial charge on any atom is -0.346 e. The smallest absolute Gasteiger partial charge is 0.270 e. The Labute approximate surface area is 134 Å². The van der Waals surface area contributed by atoms with Gasteiger partial charge in [-0.25, -0.2) is 0 Å². The third-order valence-corrected chi connectivity index (χ3v) is 5.12. The van der Waals surface area contributed by atoms with E-state index in [2.05, 4.69) is 15.2 Å². The Kier molecular flexibility index (Phi) is 3.51. The fourth-order valence-corrected chi connectivity index (χ4v) is 3.79. The van der Waals surface area contributed by atoms with Gasteiger partial charge in [0.15, 0.2) is 0 Å². The molecular formula is C17H18ClN3O. The fourth-order valence-electron chi connectivity index (χ4n) is 3.61. The topological polar surface area (TPSA) is 45.2 Å². The van der Waals surface area contributed by atoms with E-state index in [1.165, 1.54) is 25.9 Å². The molecule has 4 heterocycles. The molecule has 3 aliphatic rings. The highest BCUT2D eigenvalue weighted by atomic mass is 35.5. The third kappa shape index (κ3) is 2.57. The van der Waals surface area contributed by atoms with Crippen molar-refractivity contribution in [1.29, 1.82) is 0 Å². The minimum absolute atomic E-state index is 0.0828. The predicted molar refractivity (Wildman–Crippen MR) is 87.2 cm³/mol. The lowest BCUT2D eigenvalue weighted by Crippen LogP contribution is -2.57. The zero-order valence-corrected chi connectivity index (χ0v) is 13.0. The minimum atomic E-state index is -0.0828. The van der Waals surface area contributed by atoms with Crippen LogP contribution in [0.5, 0.6) is 0 Å². The number of nitrogens with one attached hydrogen (secondary N) is 1. The molecule has 1 amide bonds. The van der Waals surface area contributed by atoms with E-state index < -0.39 is 0 Å². The first kappa shape index (κ1) is 14.0. The molecule has 22 heavy (non-hydrogen) atoms. The molecule has 0 spiro atoms. The first-order valence-electron chi connectivity index (χ1n) is 7.77. The first-order valence-corrected chi connectivity index (χ1v) is 8.15. The number of pyridine rings is 1. The number of halogens is 1. The molecule has 5 rings (SSSR count). The second-order valence-corrected chi connectivity index (χ2v) is 6.72. The van der Waals surface area contributed by atoms with Crippen LogP contribution in [-0.4, -0.2) is 41.5 Å². The molecule has 5 heteroatoms. The van der Waals surface area contributed by atoms with Crippen molar-refractivity contribution in [3.05, 3.63) is 41.2 Å². The summed E-state index contributed by atoms with van der Waals surface area (Å²) < 4.78 is 0. The molecule has 114 valence electrons. The summed E-state index contributed by atoms with van der Waals surface area (Å²) in [4.78, 5) is 19.2. The third-order valence-electron chi connectivity index (χ3n) is 4.89. The molecule has 2 aromatic rings. The van der Waals surface area contributed by atoms with Crippen LogP contribution in [0.15, 0.2) is 30.5 Å². The highest BCUT2D eigenvalue weighted by molar-refractivity contribution is 6.31. The van der Waals surface area contributed by atoms with Crippen LogP contribution in [0.3, 0.4) is 0 Å². The van der Waals surface area contributed by atoms with Crippen LogP contribution < -0.4 is 5.32 Å². The number of carbonyl (C=O) groups is 1. The first-order chi connectivity index (χ1) is 10.7. The molecule has 3 aliphatic heterocycles. The van der Waals surface area contributed by atoms with Crippen molar-refractivity contribution >= 4 is 28.3 Å². The van der Waals surface area contributed by atoms with Crippen molar-refractivity contribution < 1.29 is 4.79 Å². The predicted octanol–water partition coefficient (Wildman–Crippen LogP) is 2.71. The summed E-state index contributed by atoms with van der Waals surface area (Å²) in [5.41, 5.74) is 0.464. The van der Waals surface area contributed by atoms with E-state index in [9.17, 15) is 4.79 Å². The molecular weight excluding hydrogens is 298 g/mol. The lowest BCUT2D eigenvalue weighted by molar-refractivity contribution is 0.0618. The van der Waals surface area contributed by atoms with E-state index in [-0.39, 0.29) is 11.9 Å². The van der Waals surface area contributed by atoms with E-state index in [1.54, 1.807) is 6.20 Å². The molecule has 0 aliphatic carbocycles. The fraction of sp³-hybridized carbons (Fsp3) is 0.412. The van der Waals surface area contributed by atoms with Crippen LogP contribution in [-0.2, 0) is 0 Å². The lowest BCUT2D eigenvalue weighted by Gasteiger charge is -2.44. The van der Waals surface area contributed by atoms with Crippen molar-refractivity contribution in [2.24, 2.45) is 5.92 Å². The number of nitrogens with zero attached hydrogens (tertiary/aromatic N) is 2. The molecule has 3 saturated heterocycles. The Balaban J connectivity index is 1.55. The average molecular weight is 316 g/mol. The Morgan fingerprint density at radius 2 is 2.05 bits per heavy atom. The summed E-state index contributed by atoms with van der Waals surface area (Å²) in [5, 5.41) is 5.77. The second kappa shape index (κ2) is 5.52. The van der Waals surface area contributed by atoms with Crippen LogP contribution in [0.4, 0.5) is 0 Å². The molecule has 0 saturated carbocycles. The Morgan fingerprint density at radius 3 is 2.77 bits per heavy atom. The van der Waals surface area contributed by atoms with Gasteiger partial charge in [-0.2, -0.15) is 0 Å². The monoisotopic (exact) mass is 315 g/mol. The van der Waals surface area contributed by atoms with Gasteiger partial charge in [-0.3, -0.25) is 9.78 Å². The number of hydrogen-bond acceptors (Lipinski definition) is 3. The van der Waals surface area contributed by atoms with Crippen LogP contribution >= 0.6 is 11.6 Å². The molecule has 1 unspecified atom stereocenters. The van der Waals surface area contributed by atoms with Crippen molar-refractivity contribution in [3.8, 4) is 0 Å². The van der Waals surface area contributed by atoms with E-state index in [0.717, 1.165) is 17.3 Å². The maximum Gasteiger partial charge on any atom is 0.270 e. The zero-order valence-electron chi connectivity index (χ0n) is 12.3. The number of piperidine rings is 3. The van der Waals surface area contributed by atoms with Gasteiger partial charge in [0.2, 0.25) is 0 Å². The Hall–Kier alpha value is -1.65. The van der Waals surface area contributed by atoms with Gasteiger partial charge in [-0.1, -0.05) is 17.7 Å². The van der Waals surface area contributed by atoms with Gasteiger partial charge in [0.25, 0.3) is 5.91 Å². The highest BCUT2D eigenvalue weighted by Gasteiger charge is 2.35. The number of carbonyl (C=O) groups excluding carboxylic acids is 1. The van der Waals surface area contributed by atoms with Crippen molar-refractivity contribution in [2.75, 3.05) is 19.6 Å². The SMILES string of the molecule is O=C(NC1CN2CCC1CC2)c1cc2cc(Cl)ccc2cn1. The van der Waals surface area contributed by atoms with Gasteiger partial charge in [0.1, 0.15) is 5.69 Å². The summed E-state index contributed by atoms with van der Waals surface area (Å²) in [7, 11) is 0. The van der Waals surface area contributed by atoms with Crippen LogP contribution in [0.2, 0.25) is 5.02 Å². The largest absolute Gasteiger partial charge is 0.346 e. The molecule has 2 bridgehead atoms. The number of benzene rings is 1. The highest BCUT2D eigenvalue weighted by Crippen LogP contribution is 2.27. The van der Waals surface area contributed by atoms with Crippen molar-refractivity contribution in [3.63, 3.8) is 0 Å². The van der Waals surface area contributed by atoms with Crippen molar-refractivity contribution in [1.82, 2.24) is 15.2 Å². The molecule has 1 aromatic carbocycles. The van der Waals surface area contributed by atoms with Gasteiger partial charge in [-0.05, 0) is 55.4 Å². The molecule has 1 N–H and O–H groups in total. The summed E-state index contributed by atoms with van der Waals surface area (Å²) in [6.45, 7) is 3.31. The van der Waals surface area contributed by atoms with Gasteiger partial charge < -0.3 is 10.2 Å². The van der Waals surface area contributed by atoms with E-state index in [0.29, 0.717) is 16.6 Å². The summed E-state index contributed by atoms with van der Waals surface area (Å²) >= 11 is 6.02. The van der Waals surface area contributed by atoms with E-state index in [4.69, 9.17) is 11.6 Å². The molecule has 3 fully saturated rings. The van der Waals surface area contributed by atoms with Crippen molar-refractivity contribution in [2.45, 2.75) is 18.9 Å². The van der Waals surface area contributed by atoms with Gasteiger partial charge in [-0.15, -0.1) is 0 Å². The summed E-state index contributed by atoms with van der Waals surface area (Å²) in [6.07, 6.45) is 4.11. The number of aromatic nitrogens is 1. The van der Waals surface area contributed by atoms with Gasteiger partial charge >= 0.3 is 0 Å². The van der Waals surface area contributed by atoms with Crippen LogP contribution in [0.1, 0.15) is 23.3 Å². The van der Waals surface area contributed by atoms with Gasteiger partial charge in [0.05, 0.1) is 0 Å². The summed E-state index contributed by atoms with van der Waals surface area (Å²) in [6, 6.07) is 7.69. The Morgan fingerprint density at radius 1 is 1.23 bits per heavy atom. The normalized spacial score (nSPS) is 27.0. The maximum atomic E-state index is 12.5. The maximum absolute atomic E-state index is 12.5. The molecule has 1 atom stereocenters. The molecule has 1 aromatic heterocycles. The summed E-state index contributed by atoms with van der Waals surface area (Å²) in [5.74, 6) is 0.532. The van der Waals surface area contributed by atoms with E-state index in [1.807, 2.05) is 24.3 Å². The van der Waals surface area contributed by atoms with Crippen LogP contribution in [0, 0.1) is 5.92 Å². The molecule has 0 radical (unpaired) electrons. The number of rotatable bonds is 2. The Bertz CT molecular complexity index is 725. The molecule has 4 nitrogen and oxygen atoms in total. The van der Waals surface area contributed by atoms with E-state index >= 15 is 0 Å². The zero-order chi connectivity index (χ0) is 15.1. The number of fused-ring (bicyclic) bond motifs is 4. The average Bonchev–Trinajstić information content (AvgIpc) is 2.55. The number of hydrogen-bond donors (Lipinski definition) is 1. The number of amides is 1. The lowest BCUT2D eigenvalue weighted by atomic mass is 9.84. The quantitative estimate of drug-likeness (QED) is 0.927.